The molecule has 0 bridgehead atoms. The topological polar surface area (TPSA) is 46.3 Å². The minimum atomic E-state index is -4.38. The van der Waals surface area contributed by atoms with Gasteiger partial charge in [-0.2, -0.15) is 13.2 Å². The number of carbonyl (C=O) groups is 1. The van der Waals surface area contributed by atoms with Crippen LogP contribution in [0, 0.1) is 0 Å². The summed E-state index contributed by atoms with van der Waals surface area (Å²) in [7, 11) is 0. The number of carbonyl (C=O) groups excluding carboxylic acids is 1. The van der Waals surface area contributed by atoms with E-state index in [1.807, 2.05) is 6.92 Å². The van der Waals surface area contributed by atoms with Crippen LogP contribution in [0.15, 0.2) is 24.3 Å². The standard InChI is InChI=1S/C15H19F3N2O/c1-10-7-13(19)5-6-20(10)14(21)9-11-3-2-4-12(8-11)15(16,17)18/h2-4,8,10,13H,5-7,9,19H2,1H3/t10-,13-/m1/s1. The molecule has 1 aliphatic heterocycles. The van der Waals surface area contributed by atoms with Gasteiger partial charge in [0.25, 0.3) is 0 Å². The van der Waals surface area contributed by atoms with E-state index in [1.54, 1.807) is 11.0 Å². The van der Waals surface area contributed by atoms with Crippen LogP contribution in [-0.4, -0.2) is 29.4 Å². The Morgan fingerprint density at radius 2 is 2.14 bits per heavy atom. The number of amides is 1. The summed E-state index contributed by atoms with van der Waals surface area (Å²) in [6, 6.07) is 5.06. The molecule has 1 heterocycles. The van der Waals surface area contributed by atoms with Crippen LogP contribution in [0.4, 0.5) is 13.2 Å². The maximum atomic E-state index is 12.7. The Balaban J connectivity index is 2.06. The lowest BCUT2D eigenvalue weighted by molar-refractivity contribution is -0.138. The molecule has 2 rings (SSSR count). The second-order valence-electron chi connectivity index (χ2n) is 5.60. The van der Waals surface area contributed by atoms with Gasteiger partial charge < -0.3 is 10.6 Å². The van der Waals surface area contributed by atoms with Gasteiger partial charge in [0, 0.05) is 18.6 Å². The van der Waals surface area contributed by atoms with E-state index < -0.39 is 11.7 Å². The molecule has 0 spiro atoms. The third-order valence-electron chi connectivity index (χ3n) is 3.85. The van der Waals surface area contributed by atoms with Gasteiger partial charge in [0.2, 0.25) is 5.91 Å². The van der Waals surface area contributed by atoms with E-state index in [9.17, 15) is 18.0 Å². The van der Waals surface area contributed by atoms with Gasteiger partial charge in [-0.05, 0) is 31.4 Å². The number of alkyl halides is 3. The van der Waals surface area contributed by atoms with Crippen molar-refractivity contribution in [3.63, 3.8) is 0 Å². The molecule has 1 aromatic carbocycles. The first-order chi connectivity index (χ1) is 9.77. The molecule has 21 heavy (non-hydrogen) atoms. The fraction of sp³-hybridized carbons (Fsp3) is 0.533. The van der Waals surface area contributed by atoms with Crippen molar-refractivity contribution in [1.29, 1.82) is 0 Å². The summed E-state index contributed by atoms with van der Waals surface area (Å²) in [4.78, 5) is 14.0. The largest absolute Gasteiger partial charge is 0.416 e. The maximum Gasteiger partial charge on any atom is 0.416 e. The molecule has 1 aliphatic rings. The molecule has 0 unspecified atom stereocenters. The molecular formula is C15H19F3N2O. The van der Waals surface area contributed by atoms with Crippen LogP contribution in [0.5, 0.6) is 0 Å². The van der Waals surface area contributed by atoms with Crippen molar-refractivity contribution in [2.24, 2.45) is 5.73 Å². The number of benzene rings is 1. The normalized spacial score (nSPS) is 23.2. The number of nitrogens with zero attached hydrogens (tertiary/aromatic N) is 1. The number of halogens is 3. The Bertz CT molecular complexity index is 516. The highest BCUT2D eigenvalue weighted by atomic mass is 19.4. The molecule has 6 heteroatoms. The molecule has 1 fully saturated rings. The van der Waals surface area contributed by atoms with E-state index in [0.29, 0.717) is 12.1 Å². The first-order valence-electron chi connectivity index (χ1n) is 6.98. The van der Waals surface area contributed by atoms with Gasteiger partial charge in [-0.25, -0.2) is 0 Å². The molecule has 1 amide bonds. The van der Waals surface area contributed by atoms with Crippen molar-refractivity contribution in [1.82, 2.24) is 4.90 Å². The van der Waals surface area contributed by atoms with Crippen molar-refractivity contribution >= 4 is 5.91 Å². The van der Waals surface area contributed by atoms with Crippen LogP contribution < -0.4 is 5.73 Å². The number of likely N-dealkylation sites (tertiary alicyclic amines) is 1. The predicted octanol–water partition coefficient (Wildman–Crippen LogP) is 2.59. The summed E-state index contributed by atoms with van der Waals surface area (Å²) in [5, 5.41) is 0. The first-order valence-corrected chi connectivity index (χ1v) is 6.98. The van der Waals surface area contributed by atoms with Gasteiger partial charge in [-0.3, -0.25) is 4.79 Å². The summed E-state index contributed by atoms with van der Waals surface area (Å²) in [5.74, 6) is -0.145. The lowest BCUT2D eigenvalue weighted by atomic mass is 9.98. The molecule has 0 saturated carbocycles. The summed E-state index contributed by atoms with van der Waals surface area (Å²) < 4.78 is 38.0. The highest BCUT2D eigenvalue weighted by molar-refractivity contribution is 5.79. The number of piperidine rings is 1. The third kappa shape index (κ3) is 3.97. The quantitative estimate of drug-likeness (QED) is 0.912. The van der Waals surface area contributed by atoms with Crippen LogP contribution in [0.2, 0.25) is 0 Å². The van der Waals surface area contributed by atoms with Crippen molar-refractivity contribution < 1.29 is 18.0 Å². The van der Waals surface area contributed by atoms with Crippen LogP contribution >= 0.6 is 0 Å². The van der Waals surface area contributed by atoms with Crippen molar-refractivity contribution in [3.05, 3.63) is 35.4 Å². The molecule has 116 valence electrons. The van der Waals surface area contributed by atoms with E-state index in [0.717, 1.165) is 25.0 Å². The van der Waals surface area contributed by atoms with Crippen molar-refractivity contribution in [2.45, 2.75) is 44.4 Å². The molecule has 0 radical (unpaired) electrons. The van der Waals surface area contributed by atoms with Crippen molar-refractivity contribution in [2.75, 3.05) is 6.54 Å². The van der Waals surface area contributed by atoms with Crippen LogP contribution in [0.3, 0.4) is 0 Å². The molecule has 2 N–H and O–H groups in total. The summed E-state index contributed by atoms with van der Waals surface area (Å²) >= 11 is 0. The molecule has 0 aliphatic carbocycles. The molecule has 2 atom stereocenters. The number of hydrogen-bond acceptors (Lipinski definition) is 2. The fourth-order valence-electron chi connectivity index (χ4n) is 2.71. The first kappa shape index (κ1) is 15.8. The van der Waals surface area contributed by atoms with E-state index >= 15 is 0 Å². The van der Waals surface area contributed by atoms with Gasteiger partial charge in [0.15, 0.2) is 0 Å². The monoisotopic (exact) mass is 300 g/mol. The highest BCUT2D eigenvalue weighted by Gasteiger charge is 2.31. The van der Waals surface area contributed by atoms with Gasteiger partial charge in [-0.15, -0.1) is 0 Å². The molecule has 0 aromatic heterocycles. The van der Waals surface area contributed by atoms with E-state index in [2.05, 4.69) is 0 Å². The Hall–Kier alpha value is -1.56. The van der Waals surface area contributed by atoms with E-state index in [4.69, 9.17) is 5.73 Å². The number of hydrogen-bond donors (Lipinski definition) is 1. The number of rotatable bonds is 2. The summed E-state index contributed by atoms with van der Waals surface area (Å²) in [5.41, 5.74) is 5.51. The SMILES string of the molecule is C[C@@H]1C[C@H](N)CCN1C(=O)Cc1cccc(C(F)(F)F)c1. The zero-order valence-electron chi connectivity index (χ0n) is 11.9. The van der Waals surface area contributed by atoms with Gasteiger partial charge in [-0.1, -0.05) is 18.2 Å². The lowest BCUT2D eigenvalue weighted by Gasteiger charge is -2.36. The zero-order valence-corrected chi connectivity index (χ0v) is 11.9. The lowest BCUT2D eigenvalue weighted by Crippen LogP contribution is -2.48. The molecule has 1 aromatic rings. The van der Waals surface area contributed by atoms with Crippen LogP contribution in [-0.2, 0) is 17.4 Å². The average Bonchev–Trinajstić information content (AvgIpc) is 2.37. The average molecular weight is 300 g/mol. The van der Waals surface area contributed by atoms with E-state index in [-0.39, 0.29) is 24.4 Å². The molecular weight excluding hydrogens is 281 g/mol. The molecule has 3 nitrogen and oxygen atoms in total. The third-order valence-corrected chi connectivity index (χ3v) is 3.85. The Morgan fingerprint density at radius 1 is 1.43 bits per heavy atom. The smallest absolute Gasteiger partial charge is 0.340 e. The van der Waals surface area contributed by atoms with Crippen molar-refractivity contribution in [3.8, 4) is 0 Å². The number of nitrogens with two attached hydrogens (primary N) is 1. The summed E-state index contributed by atoms with van der Waals surface area (Å²) in [6.45, 7) is 2.49. The van der Waals surface area contributed by atoms with Gasteiger partial charge in [0.05, 0.1) is 12.0 Å². The second-order valence-corrected chi connectivity index (χ2v) is 5.60. The van der Waals surface area contributed by atoms with Crippen LogP contribution in [0.1, 0.15) is 30.9 Å². The minimum absolute atomic E-state index is 0.0104. The maximum absolute atomic E-state index is 12.7. The molecule has 1 saturated heterocycles. The zero-order chi connectivity index (χ0) is 15.6. The van der Waals surface area contributed by atoms with Gasteiger partial charge >= 0.3 is 6.18 Å². The minimum Gasteiger partial charge on any atom is -0.340 e. The highest BCUT2D eigenvalue weighted by Crippen LogP contribution is 2.29. The fourth-order valence-corrected chi connectivity index (χ4v) is 2.71. The predicted molar refractivity (Wildman–Crippen MR) is 73.5 cm³/mol. The summed E-state index contributed by atoms with van der Waals surface area (Å²) in [6.07, 6.45) is -2.93. The second kappa shape index (κ2) is 6.05. The van der Waals surface area contributed by atoms with Crippen LogP contribution in [0.25, 0.3) is 0 Å². The van der Waals surface area contributed by atoms with Gasteiger partial charge in [0.1, 0.15) is 0 Å². The van der Waals surface area contributed by atoms with E-state index in [1.165, 1.54) is 6.07 Å². The Kier molecular flexibility index (Phi) is 4.56. The Morgan fingerprint density at radius 3 is 2.76 bits per heavy atom. The Labute approximate surface area is 121 Å².